The van der Waals surface area contributed by atoms with Crippen LogP contribution in [0, 0.1) is 11.8 Å². The van der Waals surface area contributed by atoms with Crippen molar-refractivity contribution in [3.63, 3.8) is 0 Å². The summed E-state index contributed by atoms with van der Waals surface area (Å²) in [7, 11) is 0. The molecule has 2 fully saturated rings. The van der Waals surface area contributed by atoms with E-state index in [9.17, 15) is 4.79 Å². The highest BCUT2D eigenvalue weighted by Crippen LogP contribution is 2.42. The second-order valence-electron chi connectivity index (χ2n) is 5.28. The summed E-state index contributed by atoms with van der Waals surface area (Å²) in [4.78, 5) is 13.2. The zero-order chi connectivity index (χ0) is 12.5. The van der Waals surface area contributed by atoms with Gasteiger partial charge in [-0.25, -0.2) is 5.43 Å². The first-order chi connectivity index (χ1) is 8.76. The molecule has 0 aromatic carbocycles. The summed E-state index contributed by atoms with van der Waals surface area (Å²) in [6.45, 7) is 2.10. The molecule has 1 amide bonds. The number of fused-ring (bicyclic) bond motifs is 2. The Balaban J connectivity index is 1.63. The molecule has 2 atom stereocenters. The maximum atomic E-state index is 11.9. The lowest BCUT2D eigenvalue weighted by Gasteiger charge is -2.11. The van der Waals surface area contributed by atoms with Crippen LogP contribution in [-0.2, 0) is 6.42 Å². The Morgan fingerprint density at radius 1 is 1.56 bits per heavy atom. The van der Waals surface area contributed by atoms with Crippen molar-refractivity contribution in [1.29, 1.82) is 0 Å². The fourth-order valence-electron chi connectivity index (χ4n) is 3.03. The van der Waals surface area contributed by atoms with Crippen LogP contribution in [0.25, 0.3) is 0 Å². The molecule has 2 unspecified atom stereocenters. The van der Waals surface area contributed by atoms with Crippen LogP contribution in [0.3, 0.4) is 0 Å². The number of nitrogens with zero attached hydrogens (tertiary/aromatic N) is 1. The van der Waals surface area contributed by atoms with Crippen molar-refractivity contribution in [3.05, 3.63) is 21.9 Å². The molecule has 18 heavy (non-hydrogen) atoms. The molecule has 1 aromatic rings. The smallest absolute Gasteiger partial charge is 0.267 e. The fourth-order valence-corrected chi connectivity index (χ4v) is 3.85. The summed E-state index contributed by atoms with van der Waals surface area (Å²) in [6.07, 6.45) is 5.97. The standard InChI is InChI=1S/C14H18N2OS/c1-2-12-7-11(8-18-12)14(17)16-15-13-6-9-3-4-10(13)5-9/h7-10H,2-6H2,1H3,(H,16,17). The van der Waals surface area contributed by atoms with Gasteiger partial charge < -0.3 is 0 Å². The molecule has 0 radical (unpaired) electrons. The summed E-state index contributed by atoms with van der Waals surface area (Å²) in [5.74, 6) is 1.41. The van der Waals surface area contributed by atoms with Crippen molar-refractivity contribution in [2.24, 2.45) is 16.9 Å². The number of carbonyl (C=O) groups is 1. The number of thiophene rings is 1. The Hall–Kier alpha value is -1.16. The third-order valence-electron chi connectivity index (χ3n) is 4.08. The lowest BCUT2D eigenvalue weighted by atomic mass is 9.99. The normalized spacial score (nSPS) is 27.9. The van der Waals surface area contributed by atoms with E-state index >= 15 is 0 Å². The Kier molecular flexibility index (Phi) is 3.20. The highest BCUT2D eigenvalue weighted by molar-refractivity contribution is 7.10. The average molecular weight is 262 g/mol. The van der Waals surface area contributed by atoms with Gasteiger partial charge in [0.25, 0.3) is 5.91 Å². The van der Waals surface area contributed by atoms with E-state index in [1.54, 1.807) is 11.3 Å². The second kappa shape index (κ2) is 4.84. The summed E-state index contributed by atoms with van der Waals surface area (Å²) in [5, 5.41) is 6.25. The lowest BCUT2D eigenvalue weighted by Crippen LogP contribution is -2.21. The Bertz CT molecular complexity index is 492. The van der Waals surface area contributed by atoms with E-state index in [1.165, 1.54) is 29.9 Å². The van der Waals surface area contributed by atoms with Crippen LogP contribution in [0.1, 0.15) is 47.8 Å². The van der Waals surface area contributed by atoms with Crippen molar-refractivity contribution < 1.29 is 4.79 Å². The van der Waals surface area contributed by atoms with Crippen LogP contribution in [0.5, 0.6) is 0 Å². The largest absolute Gasteiger partial charge is 0.272 e. The monoisotopic (exact) mass is 262 g/mol. The van der Waals surface area contributed by atoms with E-state index in [1.807, 2.05) is 11.4 Å². The van der Waals surface area contributed by atoms with Gasteiger partial charge in [0.15, 0.2) is 0 Å². The summed E-state index contributed by atoms with van der Waals surface area (Å²) >= 11 is 1.64. The molecular weight excluding hydrogens is 244 g/mol. The molecule has 3 rings (SSSR count). The second-order valence-corrected chi connectivity index (χ2v) is 6.28. The minimum absolute atomic E-state index is 0.0683. The third-order valence-corrected chi connectivity index (χ3v) is 5.16. The number of aryl methyl sites for hydroxylation is 1. The van der Waals surface area contributed by atoms with Gasteiger partial charge in [0.2, 0.25) is 0 Å². The average Bonchev–Trinajstić information content (AvgIpc) is 3.10. The minimum Gasteiger partial charge on any atom is -0.267 e. The highest BCUT2D eigenvalue weighted by atomic mass is 32.1. The molecule has 2 aliphatic carbocycles. The van der Waals surface area contributed by atoms with Crippen LogP contribution < -0.4 is 5.43 Å². The Morgan fingerprint density at radius 3 is 3.06 bits per heavy atom. The van der Waals surface area contributed by atoms with Gasteiger partial charge in [0, 0.05) is 16.0 Å². The van der Waals surface area contributed by atoms with Crippen molar-refractivity contribution in [2.75, 3.05) is 0 Å². The molecule has 2 saturated carbocycles. The first kappa shape index (κ1) is 11.9. The number of nitrogens with one attached hydrogen (secondary N) is 1. The van der Waals surface area contributed by atoms with E-state index < -0.39 is 0 Å². The number of hydrazone groups is 1. The van der Waals surface area contributed by atoms with Crippen LogP contribution >= 0.6 is 11.3 Å². The molecule has 1 heterocycles. The molecule has 1 N–H and O–H groups in total. The van der Waals surface area contributed by atoms with E-state index in [-0.39, 0.29) is 5.91 Å². The van der Waals surface area contributed by atoms with Crippen LogP contribution in [0.15, 0.2) is 16.5 Å². The Labute approximate surface area is 111 Å². The van der Waals surface area contributed by atoms with E-state index in [0.717, 1.165) is 24.3 Å². The first-order valence-electron chi connectivity index (χ1n) is 6.70. The van der Waals surface area contributed by atoms with Gasteiger partial charge >= 0.3 is 0 Å². The van der Waals surface area contributed by atoms with Gasteiger partial charge in [-0.1, -0.05) is 6.92 Å². The lowest BCUT2D eigenvalue weighted by molar-refractivity contribution is 0.0955. The number of rotatable bonds is 3. The SMILES string of the molecule is CCc1cc(C(=O)NN=C2CC3CCC2C3)cs1. The fraction of sp³-hybridized carbons (Fsp3) is 0.571. The van der Waals surface area contributed by atoms with Crippen LogP contribution in [0.4, 0.5) is 0 Å². The molecule has 96 valence electrons. The number of amides is 1. The van der Waals surface area contributed by atoms with E-state index in [4.69, 9.17) is 0 Å². The number of hydrogen-bond acceptors (Lipinski definition) is 3. The topological polar surface area (TPSA) is 41.5 Å². The van der Waals surface area contributed by atoms with Crippen LogP contribution in [0.2, 0.25) is 0 Å². The molecule has 2 bridgehead atoms. The molecule has 2 aliphatic rings. The molecular formula is C14H18N2OS. The van der Waals surface area contributed by atoms with Gasteiger partial charge in [-0.15, -0.1) is 11.3 Å². The minimum atomic E-state index is -0.0683. The number of hydrogen-bond donors (Lipinski definition) is 1. The highest BCUT2D eigenvalue weighted by Gasteiger charge is 2.36. The molecule has 0 saturated heterocycles. The van der Waals surface area contributed by atoms with Gasteiger partial charge in [-0.05, 0) is 50.0 Å². The summed E-state index contributed by atoms with van der Waals surface area (Å²) in [5.41, 5.74) is 4.67. The van der Waals surface area contributed by atoms with Crippen molar-refractivity contribution >= 4 is 23.0 Å². The van der Waals surface area contributed by atoms with Crippen molar-refractivity contribution in [2.45, 2.75) is 39.0 Å². The van der Waals surface area contributed by atoms with Crippen LogP contribution in [-0.4, -0.2) is 11.6 Å². The van der Waals surface area contributed by atoms with Gasteiger partial charge in [-0.2, -0.15) is 5.10 Å². The zero-order valence-electron chi connectivity index (χ0n) is 10.6. The maximum absolute atomic E-state index is 11.9. The predicted octanol–water partition coefficient (Wildman–Crippen LogP) is 3.22. The van der Waals surface area contributed by atoms with Gasteiger partial charge in [0.05, 0.1) is 5.56 Å². The van der Waals surface area contributed by atoms with Crippen molar-refractivity contribution in [3.8, 4) is 0 Å². The molecule has 3 nitrogen and oxygen atoms in total. The van der Waals surface area contributed by atoms with E-state index in [0.29, 0.717) is 5.92 Å². The predicted molar refractivity (Wildman–Crippen MR) is 74.0 cm³/mol. The zero-order valence-corrected chi connectivity index (χ0v) is 11.4. The molecule has 0 spiro atoms. The van der Waals surface area contributed by atoms with Gasteiger partial charge in [0.1, 0.15) is 0 Å². The first-order valence-corrected chi connectivity index (χ1v) is 7.58. The van der Waals surface area contributed by atoms with Gasteiger partial charge in [-0.3, -0.25) is 4.79 Å². The maximum Gasteiger partial charge on any atom is 0.272 e. The Morgan fingerprint density at radius 2 is 2.44 bits per heavy atom. The molecule has 1 aromatic heterocycles. The summed E-state index contributed by atoms with van der Waals surface area (Å²) < 4.78 is 0. The van der Waals surface area contributed by atoms with Crippen molar-refractivity contribution in [1.82, 2.24) is 5.43 Å². The molecule has 0 aliphatic heterocycles. The van der Waals surface area contributed by atoms with E-state index in [2.05, 4.69) is 17.5 Å². The molecule has 4 heteroatoms. The quantitative estimate of drug-likeness (QED) is 0.835. The summed E-state index contributed by atoms with van der Waals surface area (Å²) in [6, 6.07) is 1.96. The third kappa shape index (κ3) is 2.21. The number of carbonyl (C=O) groups excluding carboxylic acids is 1.